The molecule has 2 rings (SSSR count). The van der Waals surface area contributed by atoms with Crippen molar-refractivity contribution in [1.82, 2.24) is 4.98 Å². The second kappa shape index (κ2) is 2.97. The fraction of sp³-hybridized carbons (Fsp3) is 0.200. The molecule has 64 valence electrons. The van der Waals surface area contributed by atoms with Crippen LogP contribution in [-0.2, 0) is 6.42 Å². The summed E-state index contributed by atoms with van der Waals surface area (Å²) in [4.78, 5) is 4.24. The Hall–Kier alpha value is -1.14. The highest BCUT2D eigenvalue weighted by Crippen LogP contribution is 2.32. The monoisotopic (exact) mass is 234 g/mol. The highest BCUT2D eigenvalue weighted by atomic mass is 79.9. The fourth-order valence-corrected chi connectivity index (χ4v) is 2.29. The molecule has 13 heavy (non-hydrogen) atoms. The number of nitriles is 1. The van der Waals surface area contributed by atoms with Crippen LogP contribution in [0, 0.1) is 11.3 Å². The highest BCUT2D eigenvalue weighted by Gasteiger charge is 2.16. The van der Waals surface area contributed by atoms with Crippen LogP contribution in [0.3, 0.4) is 0 Å². The van der Waals surface area contributed by atoms with Gasteiger partial charge >= 0.3 is 0 Å². The summed E-state index contributed by atoms with van der Waals surface area (Å²) in [5, 5.41) is 8.71. The normalized spacial score (nSPS) is 13.5. The third-order valence-corrected chi connectivity index (χ3v) is 2.78. The minimum atomic E-state index is 0.480. The van der Waals surface area contributed by atoms with Crippen LogP contribution in [0.2, 0.25) is 0 Å². The van der Waals surface area contributed by atoms with E-state index >= 15 is 0 Å². The van der Waals surface area contributed by atoms with Gasteiger partial charge in [-0.1, -0.05) is 6.08 Å². The van der Waals surface area contributed by atoms with Crippen molar-refractivity contribution in [2.24, 2.45) is 0 Å². The van der Waals surface area contributed by atoms with E-state index in [-0.39, 0.29) is 0 Å². The highest BCUT2D eigenvalue weighted by molar-refractivity contribution is 9.10. The summed E-state index contributed by atoms with van der Waals surface area (Å²) in [6.07, 6.45) is 2.97. The molecule has 0 amide bonds. The van der Waals surface area contributed by atoms with E-state index in [2.05, 4.69) is 33.9 Å². The molecule has 0 saturated heterocycles. The van der Waals surface area contributed by atoms with Gasteiger partial charge in [0, 0.05) is 16.5 Å². The largest absolute Gasteiger partial charge is 0.241 e. The van der Waals surface area contributed by atoms with E-state index < -0.39 is 0 Å². The Morgan fingerprint density at radius 3 is 3.08 bits per heavy atom. The van der Waals surface area contributed by atoms with Crippen LogP contribution in [0.25, 0.3) is 5.57 Å². The average Bonchev–Trinajstić information content (AvgIpc) is 2.48. The second-order valence-electron chi connectivity index (χ2n) is 3.01. The fourth-order valence-electron chi connectivity index (χ4n) is 1.54. The molecule has 1 aliphatic rings. The first-order chi connectivity index (χ1) is 6.22. The van der Waals surface area contributed by atoms with Crippen molar-refractivity contribution in [3.8, 4) is 6.07 Å². The molecule has 0 atom stereocenters. The summed E-state index contributed by atoms with van der Waals surface area (Å²) in [5.74, 6) is 0. The lowest BCUT2D eigenvalue weighted by molar-refractivity contribution is 1.10. The van der Waals surface area contributed by atoms with E-state index in [0.717, 1.165) is 22.2 Å². The third-order valence-electron chi connectivity index (χ3n) is 2.16. The Balaban J connectivity index is 2.66. The van der Waals surface area contributed by atoms with Crippen LogP contribution in [0.4, 0.5) is 0 Å². The maximum Gasteiger partial charge on any atom is 0.141 e. The molecule has 3 heteroatoms. The maximum absolute atomic E-state index is 8.71. The zero-order valence-electron chi connectivity index (χ0n) is 7.13. The molecule has 0 aromatic carbocycles. The van der Waals surface area contributed by atoms with Crippen molar-refractivity contribution >= 4 is 21.5 Å². The van der Waals surface area contributed by atoms with Crippen molar-refractivity contribution in [2.75, 3.05) is 0 Å². The first-order valence-electron chi connectivity index (χ1n) is 3.99. The Labute approximate surface area is 85.0 Å². The molecule has 0 bridgehead atoms. The van der Waals surface area contributed by atoms with E-state index in [1.165, 1.54) is 5.57 Å². The topological polar surface area (TPSA) is 36.7 Å². The van der Waals surface area contributed by atoms with Crippen molar-refractivity contribution in [2.45, 2.75) is 13.3 Å². The molecular formula is C10H7BrN2. The van der Waals surface area contributed by atoms with Crippen molar-refractivity contribution in [3.63, 3.8) is 0 Å². The zero-order valence-corrected chi connectivity index (χ0v) is 8.72. The minimum Gasteiger partial charge on any atom is -0.241 e. The summed E-state index contributed by atoms with van der Waals surface area (Å²) in [7, 11) is 0. The lowest BCUT2D eigenvalue weighted by atomic mass is 10.1. The van der Waals surface area contributed by atoms with Gasteiger partial charge in [0.25, 0.3) is 0 Å². The molecule has 0 N–H and O–H groups in total. The van der Waals surface area contributed by atoms with Gasteiger partial charge in [-0.3, -0.25) is 0 Å². The van der Waals surface area contributed by atoms with E-state index in [4.69, 9.17) is 5.26 Å². The predicted molar refractivity (Wildman–Crippen MR) is 54.0 cm³/mol. The first kappa shape index (κ1) is 8.46. The Morgan fingerprint density at radius 2 is 2.38 bits per heavy atom. The first-order valence-corrected chi connectivity index (χ1v) is 4.78. The Kier molecular flexibility index (Phi) is 1.93. The van der Waals surface area contributed by atoms with Gasteiger partial charge in [0.05, 0.1) is 5.69 Å². The summed E-state index contributed by atoms with van der Waals surface area (Å²) >= 11 is 3.45. The van der Waals surface area contributed by atoms with Gasteiger partial charge in [-0.2, -0.15) is 5.26 Å². The van der Waals surface area contributed by atoms with Gasteiger partial charge in [0.1, 0.15) is 11.8 Å². The number of fused-ring (bicyclic) bond motifs is 1. The number of halogens is 1. The molecule has 1 aromatic rings. The molecule has 0 radical (unpaired) electrons. The molecule has 1 aromatic heterocycles. The van der Waals surface area contributed by atoms with Crippen LogP contribution in [-0.4, -0.2) is 4.98 Å². The van der Waals surface area contributed by atoms with E-state index in [9.17, 15) is 0 Å². The number of rotatable bonds is 0. The lowest BCUT2D eigenvalue weighted by Gasteiger charge is -2.03. The maximum atomic E-state index is 8.71. The molecule has 0 saturated carbocycles. The smallest absolute Gasteiger partial charge is 0.141 e. The number of pyridine rings is 1. The molecule has 1 heterocycles. The number of hydrogen-bond donors (Lipinski definition) is 0. The lowest BCUT2D eigenvalue weighted by Crippen LogP contribution is -1.93. The third kappa shape index (κ3) is 1.27. The van der Waals surface area contributed by atoms with Gasteiger partial charge in [-0.25, -0.2) is 4.98 Å². The molecule has 0 spiro atoms. The number of aromatic nitrogens is 1. The second-order valence-corrected chi connectivity index (χ2v) is 3.87. The van der Waals surface area contributed by atoms with Gasteiger partial charge in [0.15, 0.2) is 0 Å². The molecule has 0 fully saturated rings. The van der Waals surface area contributed by atoms with Crippen molar-refractivity contribution in [1.29, 1.82) is 5.26 Å². The number of hydrogen-bond acceptors (Lipinski definition) is 2. The predicted octanol–water partition coefficient (Wildman–Crippen LogP) is 2.68. The van der Waals surface area contributed by atoms with Crippen LogP contribution in [0.5, 0.6) is 0 Å². The Bertz CT molecular complexity index is 441. The van der Waals surface area contributed by atoms with Crippen LogP contribution < -0.4 is 0 Å². The number of nitrogens with zero attached hydrogens (tertiary/aromatic N) is 2. The van der Waals surface area contributed by atoms with Crippen molar-refractivity contribution < 1.29 is 0 Å². The van der Waals surface area contributed by atoms with Crippen LogP contribution in [0.15, 0.2) is 16.6 Å². The minimum absolute atomic E-state index is 0.480. The van der Waals surface area contributed by atoms with Crippen LogP contribution >= 0.6 is 15.9 Å². The quantitative estimate of drug-likeness (QED) is 0.693. The molecular weight excluding hydrogens is 228 g/mol. The van der Waals surface area contributed by atoms with E-state index in [1.54, 1.807) is 6.07 Å². The SMILES string of the molecule is CC1=CCc2nc(C#N)cc(Br)c21. The average molecular weight is 235 g/mol. The molecule has 0 unspecified atom stereocenters. The van der Waals surface area contributed by atoms with Crippen molar-refractivity contribution in [3.05, 3.63) is 33.6 Å². The van der Waals surface area contributed by atoms with Gasteiger partial charge in [-0.15, -0.1) is 0 Å². The Morgan fingerprint density at radius 1 is 1.62 bits per heavy atom. The number of allylic oxidation sites excluding steroid dienone is 2. The van der Waals surface area contributed by atoms with Gasteiger partial charge in [0.2, 0.25) is 0 Å². The standard InChI is InChI=1S/C10H7BrN2/c1-6-2-3-9-10(6)8(11)4-7(5-12)13-9/h2,4H,3H2,1H3. The molecule has 0 aliphatic heterocycles. The summed E-state index contributed by atoms with van der Waals surface area (Å²) in [6.45, 7) is 2.06. The summed E-state index contributed by atoms with van der Waals surface area (Å²) in [6, 6.07) is 3.81. The van der Waals surface area contributed by atoms with E-state index in [0.29, 0.717) is 5.69 Å². The summed E-state index contributed by atoms with van der Waals surface area (Å²) < 4.78 is 0.973. The van der Waals surface area contributed by atoms with Gasteiger partial charge in [-0.05, 0) is 34.5 Å². The summed E-state index contributed by atoms with van der Waals surface area (Å²) in [5.41, 5.74) is 3.87. The zero-order chi connectivity index (χ0) is 9.42. The van der Waals surface area contributed by atoms with Gasteiger partial charge < -0.3 is 0 Å². The molecule has 1 aliphatic carbocycles. The molecule has 2 nitrogen and oxygen atoms in total. The van der Waals surface area contributed by atoms with Crippen LogP contribution in [0.1, 0.15) is 23.9 Å². The van der Waals surface area contributed by atoms with E-state index in [1.807, 2.05) is 6.07 Å².